The van der Waals surface area contributed by atoms with E-state index in [9.17, 15) is 14.4 Å². The molecule has 0 spiro atoms. The smallest absolute Gasteiger partial charge is 0.248 e. The molecule has 1 aliphatic heterocycles. The van der Waals surface area contributed by atoms with Crippen LogP contribution in [-0.4, -0.2) is 28.7 Å². The Morgan fingerprint density at radius 3 is 2.12 bits per heavy atom. The van der Waals surface area contributed by atoms with E-state index in [0.29, 0.717) is 22.5 Å². The number of nitrogens with one attached hydrogen (secondary N) is 1. The van der Waals surface area contributed by atoms with E-state index in [-0.39, 0.29) is 47.8 Å². The molecule has 5 nitrogen and oxygen atoms in total. The maximum absolute atomic E-state index is 13.6. The van der Waals surface area contributed by atoms with E-state index < -0.39 is 6.04 Å². The van der Waals surface area contributed by atoms with Crippen molar-refractivity contribution < 1.29 is 14.4 Å². The average molecular weight is 447 g/mol. The summed E-state index contributed by atoms with van der Waals surface area (Å²) in [6, 6.07) is 15.5. The van der Waals surface area contributed by atoms with Gasteiger partial charge < -0.3 is 5.32 Å². The van der Waals surface area contributed by atoms with Crippen molar-refractivity contribution in [2.45, 2.75) is 18.9 Å². The molecule has 0 radical (unpaired) electrons. The van der Waals surface area contributed by atoms with Gasteiger partial charge in [-0.2, -0.15) is 0 Å². The Labute approximate surface area is 191 Å². The van der Waals surface area contributed by atoms with Crippen molar-refractivity contribution in [2.75, 3.05) is 5.32 Å². The van der Waals surface area contributed by atoms with Gasteiger partial charge in [0.25, 0.3) is 0 Å². The van der Waals surface area contributed by atoms with Crippen LogP contribution in [0.2, 0.25) is 5.02 Å². The summed E-state index contributed by atoms with van der Waals surface area (Å²) in [5.74, 6) is -0.0420. The van der Waals surface area contributed by atoms with Gasteiger partial charge in [0.05, 0.1) is 11.8 Å². The quantitative estimate of drug-likeness (QED) is 0.558. The second-order valence-electron chi connectivity index (χ2n) is 9.40. The van der Waals surface area contributed by atoms with Crippen molar-refractivity contribution in [3.05, 3.63) is 77.3 Å². The zero-order valence-electron chi connectivity index (χ0n) is 17.4. The van der Waals surface area contributed by atoms with Crippen molar-refractivity contribution in [1.82, 2.24) is 4.90 Å². The van der Waals surface area contributed by atoms with Gasteiger partial charge >= 0.3 is 0 Å². The van der Waals surface area contributed by atoms with Gasteiger partial charge in [-0.15, -0.1) is 0 Å². The van der Waals surface area contributed by atoms with Gasteiger partial charge in [0.15, 0.2) is 0 Å². The first-order valence-electron chi connectivity index (χ1n) is 11.2. The molecule has 7 atom stereocenters. The fraction of sp³-hybridized carbons (Fsp3) is 0.346. The minimum Gasteiger partial charge on any atom is -0.324 e. The third-order valence-corrected chi connectivity index (χ3v) is 7.95. The molecule has 162 valence electrons. The van der Waals surface area contributed by atoms with Crippen molar-refractivity contribution in [3.8, 4) is 0 Å². The summed E-state index contributed by atoms with van der Waals surface area (Å²) in [7, 11) is 0. The molecule has 0 unspecified atom stereocenters. The lowest BCUT2D eigenvalue weighted by Crippen LogP contribution is -2.49. The third kappa shape index (κ3) is 3.02. The van der Waals surface area contributed by atoms with Gasteiger partial charge in [-0.1, -0.05) is 54.1 Å². The Balaban J connectivity index is 1.33. The first kappa shape index (κ1) is 19.7. The van der Waals surface area contributed by atoms with Crippen LogP contribution < -0.4 is 5.32 Å². The number of halogens is 1. The molecule has 6 heteroatoms. The molecule has 7 rings (SSSR count). The van der Waals surface area contributed by atoms with Crippen LogP contribution in [-0.2, 0) is 20.8 Å². The molecule has 1 saturated heterocycles. The van der Waals surface area contributed by atoms with Gasteiger partial charge in [-0.3, -0.25) is 19.3 Å². The highest BCUT2D eigenvalue weighted by Crippen LogP contribution is 2.65. The van der Waals surface area contributed by atoms with Crippen molar-refractivity contribution in [1.29, 1.82) is 0 Å². The summed E-state index contributed by atoms with van der Waals surface area (Å²) < 4.78 is 0. The van der Waals surface area contributed by atoms with Crippen molar-refractivity contribution in [2.24, 2.45) is 35.5 Å². The largest absolute Gasteiger partial charge is 0.324 e. The number of benzene rings is 2. The Morgan fingerprint density at radius 2 is 1.53 bits per heavy atom. The van der Waals surface area contributed by atoms with Crippen LogP contribution in [0.5, 0.6) is 0 Å². The molecule has 1 N–H and O–H groups in total. The van der Waals surface area contributed by atoms with Crippen LogP contribution in [0.4, 0.5) is 5.69 Å². The highest BCUT2D eigenvalue weighted by atomic mass is 35.5. The van der Waals surface area contributed by atoms with E-state index in [4.69, 9.17) is 11.6 Å². The minimum atomic E-state index is -0.894. The molecular formula is C26H23ClN2O3. The van der Waals surface area contributed by atoms with Gasteiger partial charge in [-0.25, -0.2) is 0 Å². The molecule has 5 aliphatic rings. The number of hydrogen-bond acceptors (Lipinski definition) is 3. The summed E-state index contributed by atoms with van der Waals surface area (Å²) in [6.07, 6.45) is 5.69. The molecule has 32 heavy (non-hydrogen) atoms. The fourth-order valence-electron chi connectivity index (χ4n) is 6.18. The predicted octanol–water partition coefficient (Wildman–Crippen LogP) is 3.94. The lowest BCUT2D eigenvalue weighted by Gasteiger charge is -2.37. The second kappa shape index (κ2) is 7.31. The average Bonchev–Trinajstić information content (AvgIpc) is 3.58. The number of anilines is 1. The van der Waals surface area contributed by atoms with Crippen LogP contribution in [0, 0.1) is 35.5 Å². The van der Waals surface area contributed by atoms with E-state index in [2.05, 4.69) is 17.5 Å². The molecule has 3 amide bonds. The van der Waals surface area contributed by atoms with Gasteiger partial charge in [-0.05, 0) is 59.9 Å². The highest BCUT2D eigenvalue weighted by molar-refractivity contribution is 6.30. The first-order valence-corrected chi connectivity index (χ1v) is 11.6. The summed E-state index contributed by atoms with van der Waals surface area (Å²) in [5, 5.41) is 3.45. The number of allylic oxidation sites excluding steroid dienone is 2. The zero-order valence-corrected chi connectivity index (χ0v) is 18.1. The molecule has 1 heterocycles. The molecule has 2 bridgehead atoms. The van der Waals surface area contributed by atoms with Crippen molar-refractivity contribution in [3.63, 3.8) is 0 Å². The van der Waals surface area contributed by atoms with E-state index in [0.717, 1.165) is 12.0 Å². The number of hydrogen-bond donors (Lipinski definition) is 1. The number of rotatable bonds is 5. The van der Waals surface area contributed by atoms with Crippen molar-refractivity contribution >= 4 is 35.0 Å². The molecule has 2 saturated carbocycles. The monoisotopic (exact) mass is 446 g/mol. The lowest BCUT2D eigenvalue weighted by molar-refractivity contribution is -0.146. The van der Waals surface area contributed by atoms with Crippen LogP contribution in [0.15, 0.2) is 66.7 Å². The third-order valence-electron chi connectivity index (χ3n) is 7.69. The molecule has 2 aromatic carbocycles. The van der Waals surface area contributed by atoms with Crippen LogP contribution in [0.1, 0.15) is 12.0 Å². The molecule has 0 aromatic heterocycles. The van der Waals surface area contributed by atoms with E-state index >= 15 is 0 Å². The summed E-state index contributed by atoms with van der Waals surface area (Å²) >= 11 is 5.96. The lowest BCUT2D eigenvalue weighted by atomic mass is 9.63. The van der Waals surface area contributed by atoms with Crippen LogP contribution in [0.3, 0.4) is 0 Å². The maximum atomic E-state index is 13.6. The SMILES string of the molecule is O=C(Nc1ccc(Cl)cc1)[C@H](Cc1ccccc1)N1C(=O)[C@@H]2[C@H]3C=C[C@@H]([C@@H]4C[C@H]34)[C@@H]2C1=O. The van der Waals surface area contributed by atoms with Gasteiger partial charge in [0.2, 0.25) is 17.7 Å². The Bertz CT molecular complexity index is 1090. The number of carbonyl (C=O) groups is 3. The van der Waals surface area contributed by atoms with E-state index in [1.807, 2.05) is 30.3 Å². The number of nitrogens with zero attached hydrogens (tertiary/aromatic N) is 1. The van der Waals surface area contributed by atoms with E-state index in [1.165, 1.54) is 4.90 Å². The number of amides is 3. The molecule has 2 aromatic rings. The standard InChI is InChI=1S/C26H23ClN2O3/c27-15-6-8-16(9-7-15)28-24(30)21(12-14-4-2-1-3-5-14)29-25(31)22-17-10-11-18(20-13-19(17)20)23(22)26(29)32/h1-11,17-23H,12-13H2,(H,28,30)/t17-,18-,19-,20+,21-,22-,23+/m0/s1. The highest BCUT2D eigenvalue weighted by Gasteiger charge is 2.67. The number of likely N-dealkylation sites (tertiary alicyclic amines) is 1. The summed E-state index contributed by atoms with van der Waals surface area (Å²) in [6.45, 7) is 0. The zero-order chi connectivity index (χ0) is 22.0. The van der Waals surface area contributed by atoms with Crippen LogP contribution >= 0.6 is 11.6 Å². The summed E-state index contributed by atoms with van der Waals surface area (Å²) in [4.78, 5) is 41.9. The molecule has 3 fully saturated rings. The van der Waals surface area contributed by atoms with Crippen LogP contribution in [0.25, 0.3) is 0 Å². The maximum Gasteiger partial charge on any atom is 0.248 e. The number of imide groups is 1. The van der Waals surface area contributed by atoms with E-state index in [1.54, 1.807) is 24.3 Å². The first-order chi connectivity index (χ1) is 15.5. The summed E-state index contributed by atoms with van der Waals surface area (Å²) in [5.41, 5.74) is 1.49. The topological polar surface area (TPSA) is 66.5 Å². The molecular weight excluding hydrogens is 424 g/mol. The predicted molar refractivity (Wildman–Crippen MR) is 121 cm³/mol. The van der Waals surface area contributed by atoms with Gasteiger partial charge in [0, 0.05) is 17.1 Å². The minimum absolute atomic E-state index is 0.133. The normalized spacial score (nSPS) is 32.5. The molecule has 4 aliphatic carbocycles. The number of carbonyl (C=O) groups excluding carboxylic acids is 3. The Kier molecular flexibility index (Phi) is 4.51. The Morgan fingerprint density at radius 1 is 0.938 bits per heavy atom. The van der Waals surface area contributed by atoms with Gasteiger partial charge in [0.1, 0.15) is 6.04 Å². The Hall–Kier alpha value is -2.92. The fourth-order valence-corrected chi connectivity index (χ4v) is 6.31. The second-order valence-corrected chi connectivity index (χ2v) is 9.84.